The Morgan fingerprint density at radius 1 is 0.931 bits per heavy atom. The van der Waals surface area contributed by atoms with E-state index in [0.29, 0.717) is 11.3 Å². The van der Waals surface area contributed by atoms with Gasteiger partial charge in [-0.05, 0) is 61.4 Å². The third kappa shape index (κ3) is 5.34. The molecule has 3 rings (SSSR count). The Morgan fingerprint density at radius 2 is 1.52 bits per heavy atom. The normalized spacial score (nSPS) is 13.1. The molecule has 2 N–H and O–H groups in total. The van der Waals surface area contributed by atoms with Crippen LogP contribution in [-0.2, 0) is 9.59 Å². The Bertz CT molecular complexity index is 872. The van der Waals surface area contributed by atoms with E-state index in [1.165, 1.54) is 6.92 Å². The molecule has 1 aliphatic heterocycles. The molecule has 2 aromatic carbocycles. The van der Waals surface area contributed by atoms with E-state index in [9.17, 15) is 14.4 Å². The smallest absolute Gasteiger partial charge is 0.253 e. The maximum Gasteiger partial charge on any atom is 0.253 e. The van der Waals surface area contributed by atoms with Gasteiger partial charge in [0.1, 0.15) is 0 Å². The maximum absolute atomic E-state index is 12.3. The second-order valence-electron chi connectivity index (χ2n) is 7.10. The molecule has 0 aliphatic carbocycles. The Morgan fingerprint density at radius 3 is 2.10 bits per heavy atom. The molecule has 2 aromatic rings. The summed E-state index contributed by atoms with van der Waals surface area (Å²) < 4.78 is 0. The van der Waals surface area contributed by atoms with Gasteiger partial charge in [0.05, 0.1) is 6.54 Å². The van der Waals surface area contributed by atoms with Gasteiger partial charge in [-0.3, -0.25) is 14.4 Å². The van der Waals surface area contributed by atoms with Gasteiger partial charge in [0.2, 0.25) is 11.8 Å². The average Bonchev–Trinajstić information content (AvgIpc) is 3.27. The van der Waals surface area contributed by atoms with Crippen LogP contribution in [0.1, 0.15) is 30.1 Å². The van der Waals surface area contributed by atoms with Crippen LogP contribution < -0.4 is 15.5 Å². The molecule has 1 aliphatic rings. The van der Waals surface area contributed by atoms with E-state index in [1.54, 1.807) is 36.2 Å². The Labute approximate surface area is 170 Å². The van der Waals surface area contributed by atoms with Crippen LogP contribution >= 0.6 is 0 Å². The highest BCUT2D eigenvalue weighted by molar-refractivity contribution is 5.97. The van der Waals surface area contributed by atoms with Crippen LogP contribution in [0.5, 0.6) is 0 Å². The highest BCUT2D eigenvalue weighted by Crippen LogP contribution is 2.17. The van der Waals surface area contributed by atoms with E-state index < -0.39 is 0 Å². The van der Waals surface area contributed by atoms with Crippen LogP contribution in [0.15, 0.2) is 48.5 Å². The molecule has 0 unspecified atom stereocenters. The fourth-order valence-corrected chi connectivity index (χ4v) is 3.17. The molecule has 0 radical (unpaired) electrons. The predicted octanol–water partition coefficient (Wildman–Crippen LogP) is 2.96. The summed E-state index contributed by atoms with van der Waals surface area (Å²) in [4.78, 5) is 39.3. The Balaban J connectivity index is 1.49. The average molecular weight is 394 g/mol. The lowest BCUT2D eigenvalue weighted by Crippen LogP contribution is -2.27. The molecule has 0 aromatic heterocycles. The molecule has 3 amide bonds. The van der Waals surface area contributed by atoms with Crippen molar-refractivity contribution in [2.45, 2.75) is 19.8 Å². The van der Waals surface area contributed by atoms with Crippen molar-refractivity contribution in [2.24, 2.45) is 0 Å². The van der Waals surface area contributed by atoms with Crippen LogP contribution in [0, 0.1) is 0 Å². The zero-order chi connectivity index (χ0) is 20.8. The first-order chi connectivity index (χ1) is 13.9. The van der Waals surface area contributed by atoms with Crippen LogP contribution in [0.4, 0.5) is 17.1 Å². The quantitative estimate of drug-likeness (QED) is 0.789. The minimum Gasteiger partial charge on any atom is -0.376 e. The highest BCUT2D eigenvalue weighted by Gasteiger charge is 2.19. The lowest BCUT2D eigenvalue weighted by molar-refractivity contribution is -0.116. The van der Waals surface area contributed by atoms with Gasteiger partial charge in [-0.1, -0.05) is 0 Å². The fourth-order valence-electron chi connectivity index (χ4n) is 3.17. The summed E-state index contributed by atoms with van der Waals surface area (Å²) >= 11 is 0. The van der Waals surface area contributed by atoms with Gasteiger partial charge in [-0.2, -0.15) is 0 Å². The van der Waals surface area contributed by atoms with Gasteiger partial charge >= 0.3 is 0 Å². The van der Waals surface area contributed by atoms with Gasteiger partial charge in [-0.25, -0.2) is 0 Å². The van der Waals surface area contributed by atoms with Crippen LogP contribution in [0.25, 0.3) is 0 Å². The summed E-state index contributed by atoms with van der Waals surface area (Å²) in [6.45, 7) is 3.24. The second-order valence-corrected chi connectivity index (χ2v) is 7.10. The molecule has 7 heteroatoms. The Hall–Kier alpha value is -3.35. The van der Waals surface area contributed by atoms with Gasteiger partial charge in [-0.15, -0.1) is 0 Å². The topological polar surface area (TPSA) is 81.8 Å². The molecular formula is C22H26N4O3. The molecule has 1 heterocycles. The number of carbonyl (C=O) groups is 3. The summed E-state index contributed by atoms with van der Waals surface area (Å²) in [5, 5.41) is 5.86. The first-order valence-corrected chi connectivity index (χ1v) is 9.71. The fraction of sp³-hybridized carbons (Fsp3) is 0.318. The van der Waals surface area contributed by atoms with Crippen molar-refractivity contribution < 1.29 is 14.4 Å². The number of nitrogens with zero attached hydrogens (tertiary/aromatic N) is 2. The van der Waals surface area contributed by atoms with E-state index >= 15 is 0 Å². The van der Waals surface area contributed by atoms with E-state index in [0.717, 1.165) is 37.3 Å². The molecule has 152 valence electrons. The van der Waals surface area contributed by atoms with Crippen molar-refractivity contribution >= 4 is 34.8 Å². The lowest BCUT2D eigenvalue weighted by atomic mass is 10.2. The molecule has 1 fully saturated rings. The van der Waals surface area contributed by atoms with Crippen molar-refractivity contribution in [1.29, 1.82) is 0 Å². The van der Waals surface area contributed by atoms with E-state index in [2.05, 4.69) is 10.6 Å². The van der Waals surface area contributed by atoms with Crippen LogP contribution in [-0.4, -0.2) is 49.3 Å². The van der Waals surface area contributed by atoms with Crippen molar-refractivity contribution in [3.05, 3.63) is 54.1 Å². The standard InChI is InChI=1S/C22H26N4O3/c1-16(27)25(2)20-11-9-18(10-12-20)23-15-21(28)24-19-7-5-17(6-8-19)22(29)26-13-3-4-14-26/h5-12,23H,3-4,13-15H2,1-2H3,(H,24,28). The van der Waals surface area contributed by atoms with E-state index in [1.807, 2.05) is 29.2 Å². The predicted molar refractivity (Wildman–Crippen MR) is 114 cm³/mol. The zero-order valence-electron chi connectivity index (χ0n) is 16.8. The van der Waals surface area contributed by atoms with Gasteiger partial charge in [0, 0.05) is 49.7 Å². The highest BCUT2D eigenvalue weighted by atomic mass is 16.2. The Kier molecular flexibility index (Phi) is 6.49. The molecule has 7 nitrogen and oxygen atoms in total. The van der Waals surface area contributed by atoms with Gasteiger partial charge in [0.25, 0.3) is 5.91 Å². The molecular weight excluding hydrogens is 368 g/mol. The van der Waals surface area contributed by atoms with Crippen LogP contribution in [0.3, 0.4) is 0 Å². The van der Waals surface area contributed by atoms with Crippen molar-refractivity contribution in [3.63, 3.8) is 0 Å². The monoisotopic (exact) mass is 394 g/mol. The van der Waals surface area contributed by atoms with Crippen LogP contribution in [0.2, 0.25) is 0 Å². The zero-order valence-corrected chi connectivity index (χ0v) is 16.8. The van der Waals surface area contributed by atoms with Crippen molar-refractivity contribution in [2.75, 3.05) is 42.2 Å². The maximum atomic E-state index is 12.3. The third-order valence-electron chi connectivity index (χ3n) is 4.99. The first-order valence-electron chi connectivity index (χ1n) is 9.71. The SMILES string of the molecule is CC(=O)N(C)c1ccc(NCC(=O)Nc2ccc(C(=O)N3CCCC3)cc2)cc1. The number of amides is 3. The minimum atomic E-state index is -0.187. The summed E-state index contributed by atoms with van der Waals surface area (Å²) in [5.41, 5.74) is 2.86. The number of carbonyl (C=O) groups excluding carboxylic acids is 3. The largest absolute Gasteiger partial charge is 0.376 e. The molecule has 0 spiro atoms. The summed E-state index contributed by atoms with van der Waals surface area (Å²) in [6.07, 6.45) is 2.12. The third-order valence-corrected chi connectivity index (χ3v) is 4.99. The molecule has 0 saturated carbocycles. The van der Waals surface area contributed by atoms with Gasteiger partial charge in [0.15, 0.2) is 0 Å². The number of nitrogens with one attached hydrogen (secondary N) is 2. The number of likely N-dealkylation sites (tertiary alicyclic amines) is 1. The van der Waals surface area contributed by atoms with E-state index in [-0.39, 0.29) is 24.3 Å². The molecule has 29 heavy (non-hydrogen) atoms. The minimum absolute atomic E-state index is 0.0425. The van der Waals surface area contributed by atoms with Crippen molar-refractivity contribution in [1.82, 2.24) is 4.90 Å². The molecule has 0 bridgehead atoms. The van der Waals surface area contributed by atoms with Crippen molar-refractivity contribution in [3.8, 4) is 0 Å². The summed E-state index contributed by atoms with van der Waals surface area (Å²) in [5.74, 6) is -0.187. The first kappa shape index (κ1) is 20.4. The molecule has 0 atom stereocenters. The number of hydrogen-bond donors (Lipinski definition) is 2. The number of rotatable bonds is 6. The van der Waals surface area contributed by atoms with E-state index in [4.69, 9.17) is 0 Å². The number of anilines is 3. The lowest BCUT2D eigenvalue weighted by Gasteiger charge is -2.16. The number of benzene rings is 2. The summed E-state index contributed by atoms with van der Waals surface area (Å²) in [6, 6.07) is 14.3. The second kappa shape index (κ2) is 9.23. The van der Waals surface area contributed by atoms with Gasteiger partial charge < -0.3 is 20.4 Å². The number of hydrogen-bond acceptors (Lipinski definition) is 4. The summed E-state index contributed by atoms with van der Waals surface area (Å²) in [7, 11) is 1.71. The molecule has 1 saturated heterocycles.